The summed E-state index contributed by atoms with van der Waals surface area (Å²) in [6.45, 7) is 1.87. The number of rotatable bonds is 3. The van der Waals surface area contributed by atoms with E-state index in [1.54, 1.807) is 11.0 Å². The number of piperazine rings is 1. The van der Waals surface area contributed by atoms with E-state index in [0.29, 0.717) is 26.2 Å². The Morgan fingerprint density at radius 3 is 2.47 bits per heavy atom. The lowest BCUT2D eigenvalue weighted by Gasteiger charge is -2.32. The summed E-state index contributed by atoms with van der Waals surface area (Å²) in [7, 11) is 0. The molecule has 1 saturated heterocycles. The Balaban J connectivity index is 1.96. The standard InChI is InChI=1S/C13H15FN2O3/c14-11-4-2-1-3-10(11)13(19)16-7-5-15(6-8-16)9-12(17)18/h1-4H,5-9H2,(H,17,18). The van der Waals surface area contributed by atoms with Crippen molar-refractivity contribution in [2.45, 2.75) is 0 Å². The Hall–Kier alpha value is -1.95. The van der Waals surface area contributed by atoms with Crippen LogP contribution < -0.4 is 10.0 Å². The van der Waals surface area contributed by atoms with Crippen LogP contribution in [0.15, 0.2) is 24.3 Å². The van der Waals surface area contributed by atoms with Gasteiger partial charge in [-0.05, 0) is 12.1 Å². The molecule has 5 nitrogen and oxygen atoms in total. The van der Waals surface area contributed by atoms with Crippen LogP contribution in [0.2, 0.25) is 0 Å². The van der Waals surface area contributed by atoms with Crippen molar-refractivity contribution in [3.8, 4) is 0 Å². The van der Waals surface area contributed by atoms with Gasteiger partial charge in [0.2, 0.25) is 0 Å². The van der Waals surface area contributed by atoms with E-state index in [2.05, 4.69) is 0 Å². The summed E-state index contributed by atoms with van der Waals surface area (Å²) < 4.78 is 13.5. The number of aliphatic carboxylic acids is 1. The maximum Gasteiger partial charge on any atom is 0.257 e. The summed E-state index contributed by atoms with van der Waals surface area (Å²) in [5.74, 6) is -1.97. The van der Waals surface area contributed by atoms with Crippen LogP contribution in [-0.2, 0) is 4.79 Å². The average molecular weight is 266 g/mol. The van der Waals surface area contributed by atoms with Gasteiger partial charge in [-0.25, -0.2) is 4.39 Å². The predicted molar refractivity (Wildman–Crippen MR) is 62.9 cm³/mol. The first-order valence-electron chi connectivity index (χ1n) is 6.15. The van der Waals surface area contributed by atoms with Crippen LogP contribution in [0.1, 0.15) is 10.4 Å². The van der Waals surface area contributed by atoms with Gasteiger partial charge in [0, 0.05) is 0 Å². The molecule has 6 heteroatoms. The fourth-order valence-corrected chi connectivity index (χ4v) is 2.21. The zero-order valence-corrected chi connectivity index (χ0v) is 10.4. The molecule has 0 saturated carbocycles. The monoisotopic (exact) mass is 266 g/mol. The number of carboxylic acid groups (broad SMARTS) is 1. The molecule has 0 unspecified atom stereocenters. The number of quaternary nitrogens is 1. The minimum atomic E-state index is -1.09. The molecule has 1 fully saturated rings. The summed E-state index contributed by atoms with van der Waals surface area (Å²) in [5, 5.41) is 10.5. The third kappa shape index (κ3) is 3.29. The van der Waals surface area contributed by atoms with Gasteiger partial charge in [0.15, 0.2) is 0 Å². The fraction of sp³-hybridized carbons (Fsp3) is 0.385. The number of amides is 1. The minimum absolute atomic E-state index is 0.0538. The maximum absolute atomic E-state index is 13.5. The van der Waals surface area contributed by atoms with E-state index >= 15 is 0 Å². The van der Waals surface area contributed by atoms with Crippen LogP contribution in [0.5, 0.6) is 0 Å². The number of carboxylic acids is 1. The first-order chi connectivity index (χ1) is 9.08. The zero-order chi connectivity index (χ0) is 13.8. The number of hydrogen-bond donors (Lipinski definition) is 1. The lowest BCUT2D eigenvalue weighted by Crippen LogP contribution is -3.16. The lowest BCUT2D eigenvalue weighted by atomic mass is 10.1. The molecule has 1 N–H and O–H groups in total. The Kier molecular flexibility index (Phi) is 4.11. The Morgan fingerprint density at radius 1 is 1.26 bits per heavy atom. The van der Waals surface area contributed by atoms with E-state index in [-0.39, 0.29) is 18.0 Å². The van der Waals surface area contributed by atoms with Gasteiger partial charge >= 0.3 is 0 Å². The van der Waals surface area contributed by atoms with Gasteiger partial charge in [-0.2, -0.15) is 0 Å². The van der Waals surface area contributed by atoms with Crippen molar-refractivity contribution in [1.29, 1.82) is 0 Å². The molecule has 0 aromatic heterocycles. The van der Waals surface area contributed by atoms with E-state index in [4.69, 9.17) is 0 Å². The number of nitrogens with one attached hydrogen (secondary N) is 1. The van der Waals surface area contributed by atoms with Gasteiger partial charge in [0.05, 0.1) is 37.7 Å². The molecule has 1 aromatic carbocycles. The number of nitrogens with zero attached hydrogens (tertiary/aromatic N) is 1. The highest BCUT2D eigenvalue weighted by atomic mass is 19.1. The normalized spacial score (nSPS) is 16.4. The van der Waals surface area contributed by atoms with Crippen LogP contribution >= 0.6 is 0 Å². The molecule has 0 spiro atoms. The van der Waals surface area contributed by atoms with Crippen molar-refractivity contribution >= 4 is 11.9 Å². The molecule has 0 radical (unpaired) electrons. The Morgan fingerprint density at radius 2 is 1.89 bits per heavy atom. The van der Waals surface area contributed by atoms with Crippen molar-refractivity contribution in [3.05, 3.63) is 35.6 Å². The topological polar surface area (TPSA) is 64.9 Å². The molecule has 19 heavy (non-hydrogen) atoms. The van der Waals surface area contributed by atoms with Gasteiger partial charge < -0.3 is 19.7 Å². The number of carbonyl (C=O) groups excluding carboxylic acids is 2. The first kappa shape index (κ1) is 13.5. The molecule has 0 bridgehead atoms. The Bertz CT molecular complexity index is 485. The largest absolute Gasteiger partial charge is 0.544 e. The van der Waals surface area contributed by atoms with Crippen molar-refractivity contribution in [2.24, 2.45) is 0 Å². The Labute approximate surface area is 110 Å². The average Bonchev–Trinajstić information content (AvgIpc) is 2.39. The first-order valence-corrected chi connectivity index (χ1v) is 6.15. The number of carbonyl (C=O) groups is 2. The summed E-state index contributed by atoms with van der Waals surface area (Å²) in [6.07, 6.45) is 0. The maximum atomic E-state index is 13.5. The number of benzene rings is 1. The van der Waals surface area contributed by atoms with Crippen LogP contribution in [-0.4, -0.2) is 49.5 Å². The second-order valence-electron chi connectivity index (χ2n) is 4.57. The second-order valence-corrected chi connectivity index (χ2v) is 4.57. The molecule has 0 aliphatic carbocycles. The molecule has 0 atom stereocenters. The molecule has 1 aromatic rings. The molecule has 1 amide bonds. The molecule has 2 rings (SSSR count). The molecule has 1 heterocycles. The van der Waals surface area contributed by atoms with Gasteiger partial charge in [-0.3, -0.25) is 4.79 Å². The van der Waals surface area contributed by atoms with E-state index in [0.717, 1.165) is 4.90 Å². The highest BCUT2D eigenvalue weighted by molar-refractivity contribution is 5.94. The van der Waals surface area contributed by atoms with Crippen LogP contribution in [0, 0.1) is 5.82 Å². The van der Waals surface area contributed by atoms with Gasteiger partial charge in [0.1, 0.15) is 12.4 Å². The summed E-state index contributed by atoms with van der Waals surface area (Å²) in [6, 6.07) is 5.87. The smallest absolute Gasteiger partial charge is 0.257 e. The third-order valence-electron chi connectivity index (χ3n) is 3.26. The SMILES string of the molecule is O=C([O-])C[NH+]1CCN(C(=O)c2ccccc2F)CC1. The van der Waals surface area contributed by atoms with Gasteiger partial charge in [0.25, 0.3) is 5.91 Å². The fourth-order valence-electron chi connectivity index (χ4n) is 2.21. The van der Waals surface area contributed by atoms with E-state index in [1.807, 2.05) is 0 Å². The van der Waals surface area contributed by atoms with Crippen LogP contribution in [0.4, 0.5) is 4.39 Å². The zero-order valence-electron chi connectivity index (χ0n) is 10.4. The van der Waals surface area contributed by atoms with Crippen molar-refractivity contribution in [2.75, 3.05) is 32.7 Å². The lowest BCUT2D eigenvalue weighted by molar-refractivity contribution is -0.898. The summed E-state index contributed by atoms with van der Waals surface area (Å²) in [5.41, 5.74) is 0.0610. The van der Waals surface area contributed by atoms with Crippen LogP contribution in [0.3, 0.4) is 0 Å². The van der Waals surface area contributed by atoms with E-state index < -0.39 is 11.8 Å². The van der Waals surface area contributed by atoms with E-state index in [9.17, 15) is 19.1 Å². The molecule has 1 aliphatic rings. The highest BCUT2D eigenvalue weighted by Crippen LogP contribution is 2.09. The molecular formula is C13H15FN2O3. The predicted octanol–water partition coefficient (Wildman–Crippen LogP) is -2.08. The number of halogens is 1. The van der Waals surface area contributed by atoms with Gasteiger partial charge in [-0.15, -0.1) is 0 Å². The second kappa shape index (κ2) is 5.79. The van der Waals surface area contributed by atoms with Crippen molar-refractivity contribution in [3.63, 3.8) is 0 Å². The van der Waals surface area contributed by atoms with E-state index in [1.165, 1.54) is 18.2 Å². The quantitative estimate of drug-likeness (QED) is 0.683. The summed E-state index contributed by atoms with van der Waals surface area (Å²) >= 11 is 0. The highest BCUT2D eigenvalue weighted by Gasteiger charge is 2.25. The number of hydrogen-bond acceptors (Lipinski definition) is 3. The summed E-state index contributed by atoms with van der Waals surface area (Å²) in [4.78, 5) is 25.0. The van der Waals surface area contributed by atoms with Crippen LogP contribution in [0.25, 0.3) is 0 Å². The molecule has 102 valence electrons. The molecule has 1 aliphatic heterocycles. The third-order valence-corrected chi connectivity index (χ3v) is 3.26. The van der Waals surface area contributed by atoms with Crippen molar-refractivity contribution < 1.29 is 24.0 Å². The molecular weight excluding hydrogens is 251 g/mol. The minimum Gasteiger partial charge on any atom is -0.544 e. The van der Waals surface area contributed by atoms with Crippen molar-refractivity contribution in [1.82, 2.24) is 4.90 Å². The van der Waals surface area contributed by atoms with Gasteiger partial charge in [-0.1, -0.05) is 12.1 Å².